The highest BCUT2D eigenvalue weighted by atomic mass is 19.1. The third-order valence-electron chi connectivity index (χ3n) is 1.54. The molecule has 0 radical (unpaired) electrons. The molecule has 0 fully saturated rings. The Bertz CT molecular complexity index is 317. The van der Waals surface area contributed by atoms with Gasteiger partial charge in [-0.15, -0.1) is 0 Å². The number of phenols is 1. The summed E-state index contributed by atoms with van der Waals surface area (Å²) in [5.74, 6) is -3.13. The first-order valence-corrected chi connectivity index (χ1v) is 3.42. The molecule has 1 atom stereocenters. The SMILES string of the molecule is O=C(O)C(O)c1c(O)cccc1F. The van der Waals surface area contributed by atoms with Gasteiger partial charge in [0.25, 0.3) is 0 Å². The van der Waals surface area contributed by atoms with Gasteiger partial charge in [0.2, 0.25) is 0 Å². The van der Waals surface area contributed by atoms with Crippen molar-refractivity contribution in [2.45, 2.75) is 6.10 Å². The zero-order valence-corrected chi connectivity index (χ0v) is 6.44. The predicted molar refractivity (Wildman–Crippen MR) is 40.7 cm³/mol. The quantitative estimate of drug-likeness (QED) is 0.633. The third-order valence-corrected chi connectivity index (χ3v) is 1.54. The number of aliphatic carboxylic acids is 1. The van der Waals surface area contributed by atoms with E-state index in [1.807, 2.05) is 0 Å². The molecule has 0 spiro atoms. The van der Waals surface area contributed by atoms with Crippen LogP contribution in [0.5, 0.6) is 5.75 Å². The molecule has 1 unspecified atom stereocenters. The first-order chi connectivity index (χ1) is 6.04. The lowest BCUT2D eigenvalue weighted by Gasteiger charge is -2.08. The molecule has 0 aliphatic carbocycles. The van der Waals surface area contributed by atoms with E-state index in [1.165, 1.54) is 6.07 Å². The summed E-state index contributed by atoms with van der Waals surface area (Å²) < 4.78 is 12.9. The summed E-state index contributed by atoms with van der Waals surface area (Å²) in [7, 11) is 0. The number of aromatic hydroxyl groups is 1. The number of aliphatic hydroxyl groups excluding tert-OH is 1. The molecule has 1 rings (SSSR count). The first-order valence-electron chi connectivity index (χ1n) is 3.42. The minimum Gasteiger partial charge on any atom is -0.507 e. The van der Waals surface area contributed by atoms with Crippen LogP contribution in [0, 0.1) is 5.82 Å². The number of carboxylic acids is 1. The van der Waals surface area contributed by atoms with Gasteiger partial charge in [-0.25, -0.2) is 9.18 Å². The van der Waals surface area contributed by atoms with Crippen LogP contribution in [-0.2, 0) is 4.79 Å². The van der Waals surface area contributed by atoms with E-state index < -0.39 is 29.2 Å². The molecule has 0 aliphatic rings. The zero-order chi connectivity index (χ0) is 10.0. The molecule has 5 heteroatoms. The molecule has 1 aromatic rings. The highest BCUT2D eigenvalue weighted by Crippen LogP contribution is 2.26. The highest BCUT2D eigenvalue weighted by molar-refractivity contribution is 5.75. The Kier molecular flexibility index (Phi) is 2.48. The smallest absolute Gasteiger partial charge is 0.337 e. The van der Waals surface area contributed by atoms with E-state index in [2.05, 4.69) is 0 Å². The van der Waals surface area contributed by atoms with Crippen LogP contribution in [0.1, 0.15) is 11.7 Å². The number of phenolic OH excluding ortho intramolecular Hbond substituents is 1. The molecule has 3 N–H and O–H groups in total. The summed E-state index contributed by atoms with van der Waals surface area (Å²) in [6, 6.07) is 3.27. The Hall–Kier alpha value is -1.62. The van der Waals surface area contributed by atoms with Crippen molar-refractivity contribution < 1.29 is 24.5 Å². The van der Waals surface area contributed by atoms with Gasteiger partial charge in [0, 0.05) is 0 Å². The van der Waals surface area contributed by atoms with Gasteiger partial charge in [0.1, 0.15) is 11.6 Å². The minimum absolute atomic E-state index is 0.574. The fourth-order valence-corrected chi connectivity index (χ4v) is 0.920. The molecule has 0 bridgehead atoms. The van der Waals surface area contributed by atoms with Gasteiger partial charge in [-0.2, -0.15) is 0 Å². The van der Waals surface area contributed by atoms with Crippen LogP contribution in [0.4, 0.5) is 4.39 Å². The molecule has 0 saturated heterocycles. The van der Waals surface area contributed by atoms with Gasteiger partial charge in [-0.1, -0.05) is 6.07 Å². The Labute approximate surface area is 72.9 Å². The van der Waals surface area contributed by atoms with Gasteiger partial charge in [0.05, 0.1) is 5.56 Å². The average molecular weight is 186 g/mol. The summed E-state index contributed by atoms with van der Waals surface area (Å²) in [6.07, 6.45) is -2.04. The highest BCUT2D eigenvalue weighted by Gasteiger charge is 2.23. The molecule has 70 valence electrons. The monoisotopic (exact) mass is 186 g/mol. The van der Waals surface area contributed by atoms with Crippen molar-refractivity contribution in [3.8, 4) is 5.75 Å². The van der Waals surface area contributed by atoms with Crippen LogP contribution < -0.4 is 0 Å². The largest absolute Gasteiger partial charge is 0.507 e. The topological polar surface area (TPSA) is 77.8 Å². The van der Waals surface area contributed by atoms with Crippen molar-refractivity contribution in [2.75, 3.05) is 0 Å². The second-order valence-electron chi connectivity index (χ2n) is 2.41. The minimum atomic E-state index is -2.04. The van der Waals surface area contributed by atoms with Crippen molar-refractivity contribution in [1.29, 1.82) is 0 Å². The van der Waals surface area contributed by atoms with Crippen LogP contribution in [0.15, 0.2) is 18.2 Å². The number of hydrogen-bond donors (Lipinski definition) is 3. The van der Waals surface area contributed by atoms with E-state index in [0.717, 1.165) is 12.1 Å². The molecule has 0 aromatic heterocycles. The second-order valence-corrected chi connectivity index (χ2v) is 2.41. The lowest BCUT2D eigenvalue weighted by atomic mass is 10.1. The fourth-order valence-electron chi connectivity index (χ4n) is 0.920. The van der Waals surface area contributed by atoms with E-state index >= 15 is 0 Å². The Morgan fingerprint density at radius 2 is 2.08 bits per heavy atom. The van der Waals surface area contributed by atoms with E-state index in [1.54, 1.807) is 0 Å². The van der Waals surface area contributed by atoms with Gasteiger partial charge in [-0.05, 0) is 12.1 Å². The molecule has 0 saturated carbocycles. The molecular weight excluding hydrogens is 179 g/mol. The molecule has 0 heterocycles. The second kappa shape index (κ2) is 3.40. The summed E-state index contributed by atoms with van der Waals surface area (Å²) in [4.78, 5) is 10.3. The van der Waals surface area contributed by atoms with Gasteiger partial charge < -0.3 is 15.3 Å². The molecule has 0 aliphatic heterocycles. The van der Waals surface area contributed by atoms with Crippen LogP contribution in [0.3, 0.4) is 0 Å². The number of aliphatic hydroxyl groups is 1. The third kappa shape index (κ3) is 1.75. The predicted octanol–water partition coefficient (Wildman–Crippen LogP) is 0.649. The van der Waals surface area contributed by atoms with E-state index in [-0.39, 0.29) is 0 Å². The maximum absolute atomic E-state index is 12.9. The van der Waals surface area contributed by atoms with Crippen molar-refractivity contribution >= 4 is 5.97 Å². The molecule has 4 nitrogen and oxygen atoms in total. The van der Waals surface area contributed by atoms with E-state index in [4.69, 9.17) is 15.3 Å². The normalized spacial score (nSPS) is 12.5. The Morgan fingerprint density at radius 1 is 1.46 bits per heavy atom. The Morgan fingerprint density at radius 3 is 2.54 bits per heavy atom. The number of benzene rings is 1. The van der Waals surface area contributed by atoms with Crippen LogP contribution in [0.25, 0.3) is 0 Å². The number of hydrogen-bond acceptors (Lipinski definition) is 3. The molecule has 1 aromatic carbocycles. The number of rotatable bonds is 2. The van der Waals surface area contributed by atoms with Crippen molar-refractivity contribution in [1.82, 2.24) is 0 Å². The molecular formula is C8H7FO4. The van der Waals surface area contributed by atoms with E-state index in [9.17, 15) is 9.18 Å². The summed E-state index contributed by atoms with van der Waals surface area (Å²) in [6.45, 7) is 0. The van der Waals surface area contributed by atoms with Crippen LogP contribution >= 0.6 is 0 Å². The van der Waals surface area contributed by atoms with Crippen molar-refractivity contribution in [3.05, 3.63) is 29.6 Å². The Balaban J connectivity index is 3.20. The van der Waals surface area contributed by atoms with Crippen LogP contribution in [-0.4, -0.2) is 21.3 Å². The first kappa shape index (κ1) is 9.47. The summed E-state index contributed by atoms with van der Waals surface area (Å²) in [5, 5.41) is 26.4. The van der Waals surface area contributed by atoms with Gasteiger partial charge in [0.15, 0.2) is 6.10 Å². The zero-order valence-electron chi connectivity index (χ0n) is 6.44. The number of carboxylic acid groups (broad SMARTS) is 1. The maximum atomic E-state index is 12.9. The van der Waals surface area contributed by atoms with Gasteiger partial charge in [-0.3, -0.25) is 0 Å². The van der Waals surface area contributed by atoms with Crippen molar-refractivity contribution in [2.24, 2.45) is 0 Å². The summed E-state index contributed by atoms with van der Waals surface area (Å²) >= 11 is 0. The van der Waals surface area contributed by atoms with Crippen LogP contribution in [0.2, 0.25) is 0 Å². The summed E-state index contributed by atoms with van der Waals surface area (Å²) in [5.41, 5.74) is -0.616. The average Bonchev–Trinajstić information content (AvgIpc) is 2.03. The molecule has 0 amide bonds. The van der Waals surface area contributed by atoms with Crippen molar-refractivity contribution in [3.63, 3.8) is 0 Å². The molecule has 13 heavy (non-hydrogen) atoms. The standard InChI is InChI=1S/C8H7FO4/c9-4-2-1-3-5(10)6(4)7(11)8(12)13/h1-3,7,10-11H,(H,12,13). The lowest BCUT2D eigenvalue weighted by Crippen LogP contribution is -2.12. The fraction of sp³-hybridized carbons (Fsp3) is 0.125. The lowest BCUT2D eigenvalue weighted by molar-refractivity contribution is -0.147. The number of halogens is 1. The van der Waals surface area contributed by atoms with E-state index in [0.29, 0.717) is 0 Å². The maximum Gasteiger partial charge on any atom is 0.337 e. The van der Waals surface area contributed by atoms with Gasteiger partial charge >= 0.3 is 5.97 Å². The number of carbonyl (C=O) groups is 1.